The third-order valence-electron chi connectivity index (χ3n) is 7.11. The summed E-state index contributed by atoms with van der Waals surface area (Å²) >= 11 is 0. The van der Waals surface area contributed by atoms with Crippen LogP contribution in [-0.2, 0) is 11.3 Å². The predicted molar refractivity (Wildman–Crippen MR) is 148 cm³/mol. The molecule has 0 bridgehead atoms. The Bertz CT molecular complexity index is 1320. The summed E-state index contributed by atoms with van der Waals surface area (Å²) in [4.78, 5) is 22.1. The third-order valence-corrected chi connectivity index (χ3v) is 7.11. The van der Waals surface area contributed by atoms with Crippen molar-refractivity contribution in [3.63, 3.8) is 0 Å². The number of halogens is 4. The van der Waals surface area contributed by atoms with Gasteiger partial charge >= 0.3 is 6.03 Å². The first kappa shape index (κ1) is 30.5. The Kier molecular flexibility index (Phi) is 9.70. The lowest BCUT2D eigenvalue weighted by atomic mass is 9.84. The van der Waals surface area contributed by atoms with E-state index in [1.54, 1.807) is 20.6 Å². The van der Waals surface area contributed by atoms with Crippen molar-refractivity contribution in [2.75, 3.05) is 39.5 Å². The second kappa shape index (κ2) is 13.0. The Labute approximate surface area is 237 Å². The molecule has 41 heavy (non-hydrogen) atoms. The van der Waals surface area contributed by atoms with Gasteiger partial charge in [0.15, 0.2) is 11.6 Å². The van der Waals surface area contributed by atoms with Crippen molar-refractivity contribution in [3.8, 4) is 11.3 Å². The minimum Gasteiger partial charge on any atom is -0.378 e. The Balaban J connectivity index is 1.87. The quantitative estimate of drug-likeness (QED) is 0.268. The molecule has 0 unspecified atom stereocenters. The molecule has 2 N–H and O–H groups in total. The van der Waals surface area contributed by atoms with Gasteiger partial charge in [-0.25, -0.2) is 27.3 Å². The molecule has 222 valence electrons. The van der Waals surface area contributed by atoms with Crippen molar-refractivity contribution < 1.29 is 27.1 Å². The Morgan fingerprint density at radius 2 is 1.80 bits per heavy atom. The normalized spacial score (nSPS) is 15.6. The van der Waals surface area contributed by atoms with Gasteiger partial charge in [0.25, 0.3) is 0 Å². The second-order valence-electron chi connectivity index (χ2n) is 11.4. The predicted octanol–water partition coefficient (Wildman–Crippen LogP) is 5.54. The molecule has 0 radical (unpaired) electrons. The average molecular weight is 576 g/mol. The summed E-state index contributed by atoms with van der Waals surface area (Å²) in [5.74, 6) is -3.08. The largest absolute Gasteiger partial charge is 0.378 e. The highest BCUT2D eigenvalue weighted by molar-refractivity contribution is 5.75. The number of nitrogens with zero attached hydrogens (tertiary/aromatic N) is 4. The standard InChI is InChI=1S/C30H37F4N5O2/c1-30(2,3)27(39(10-9-22(35)17-31)29(40)37-11-13-41-14-12-37)28-36-25(23-15-21(32)16-24(33)26(23)34)19-38(28)18-20-7-5-4-6-8-20/h4-8,15-16,19,22,27H,9-14,17-18,35H2,1-3H3/t22-,27+/m1/s1. The summed E-state index contributed by atoms with van der Waals surface area (Å²) in [6, 6.07) is 9.11. The average Bonchev–Trinajstić information content (AvgIpc) is 3.34. The Hall–Kier alpha value is -3.44. The molecule has 3 aromatic rings. The number of imidazole rings is 1. The van der Waals surface area contributed by atoms with Crippen molar-refractivity contribution >= 4 is 6.03 Å². The Morgan fingerprint density at radius 1 is 1.12 bits per heavy atom. The molecule has 2 atom stereocenters. The maximum Gasteiger partial charge on any atom is 0.320 e. The zero-order chi connectivity index (χ0) is 29.7. The zero-order valence-corrected chi connectivity index (χ0v) is 23.6. The summed E-state index contributed by atoms with van der Waals surface area (Å²) in [6.07, 6.45) is 1.75. The molecule has 2 amide bonds. The molecule has 1 fully saturated rings. The lowest BCUT2D eigenvalue weighted by Crippen LogP contribution is -2.52. The molecule has 1 aliphatic heterocycles. The van der Waals surface area contributed by atoms with E-state index in [9.17, 15) is 22.4 Å². The number of ether oxygens (including phenoxy) is 1. The number of nitrogens with two attached hydrogens (primary N) is 1. The summed E-state index contributed by atoms with van der Waals surface area (Å²) in [7, 11) is 0. The van der Waals surface area contributed by atoms with E-state index in [1.165, 1.54) is 0 Å². The fourth-order valence-electron chi connectivity index (χ4n) is 5.08. The summed E-state index contributed by atoms with van der Waals surface area (Å²) < 4.78 is 63.9. The van der Waals surface area contributed by atoms with Crippen molar-refractivity contribution in [2.24, 2.45) is 11.1 Å². The van der Waals surface area contributed by atoms with E-state index in [4.69, 9.17) is 15.5 Å². The van der Waals surface area contributed by atoms with Crippen molar-refractivity contribution in [1.82, 2.24) is 19.4 Å². The number of hydrogen-bond acceptors (Lipinski definition) is 4. The summed E-state index contributed by atoms with van der Waals surface area (Å²) in [6.45, 7) is 7.08. The van der Waals surface area contributed by atoms with Crippen LogP contribution in [0.4, 0.5) is 22.4 Å². The monoisotopic (exact) mass is 575 g/mol. The first-order valence-electron chi connectivity index (χ1n) is 13.7. The van der Waals surface area contributed by atoms with Crippen molar-refractivity contribution in [3.05, 3.63) is 77.5 Å². The van der Waals surface area contributed by atoms with Crippen LogP contribution in [0.5, 0.6) is 0 Å². The van der Waals surface area contributed by atoms with E-state index < -0.39 is 41.6 Å². The van der Waals surface area contributed by atoms with Gasteiger partial charge in [-0.05, 0) is 23.5 Å². The molecule has 1 aromatic heterocycles. The van der Waals surface area contributed by atoms with Gasteiger partial charge in [0, 0.05) is 50.0 Å². The number of carbonyl (C=O) groups is 1. The van der Waals surface area contributed by atoms with Crippen LogP contribution in [0.3, 0.4) is 0 Å². The van der Waals surface area contributed by atoms with Gasteiger partial charge in [0.05, 0.1) is 24.9 Å². The molecule has 0 spiro atoms. The number of amides is 2. The molecule has 1 saturated heterocycles. The number of rotatable bonds is 9. The highest BCUT2D eigenvalue weighted by Gasteiger charge is 2.40. The minimum atomic E-state index is -1.32. The van der Waals surface area contributed by atoms with Gasteiger partial charge in [0.2, 0.25) is 0 Å². The lowest BCUT2D eigenvalue weighted by Gasteiger charge is -2.43. The number of hydrogen-bond donors (Lipinski definition) is 1. The number of aromatic nitrogens is 2. The van der Waals surface area contributed by atoms with Crippen LogP contribution in [-0.4, -0.2) is 70.9 Å². The van der Waals surface area contributed by atoms with Gasteiger partial charge in [-0.1, -0.05) is 51.1 Å². The molecular weight excluding hydrogens is 538 g/mol. The molecule has 1 aliphatic rings. The third kappa shape index (κ3) is 7.26. The van der Waals surface area contributed by atoms with Gasteiger partial charge in [-0.2, -0.15) is 0 Å². The topological polar surface area (TPSA) is 76.6 Å². The first-order chi connectivity index (χ1) is 19.5. The maximum atomic E-state index is 14.9. The van der Waals surface area contributed by atoms with Crippen LogP contribution in [0.1, 0.15) is 44.6 Å². The highest BCUT2D eigenvalue weighted by Crippen LogP contribution is 2.40. The summed E-state index contributed by atoms with van der Waals surface area (Å²) in [5.41, 5.74) is 5.91. The van der Waals surface area contributed by atoms with Crippen LogP contribution in [0.25, 0.3) is 11.3 Å². The van der Waals surface area contributed by atoms with Crippen LogP contribution in [0.15, 0.2) is 48.7 Å². The van der Waals surface area contributed by atoms with E-state index in [2.05, 4.69) is 0 Å². The van der Waals surface area contributed by atoms with Crippen LogP contribution < -0.4 is 5.73 Å². The maximum absolute atomic E-state index is 14.9. The van der Waals surface area contributed by atoms with Gasteiger partial charge < -0.3 is 24.8 Å². The SMILES string of the molecule is CC(C)(C)[C@H](c1nc(-c2cc(F)cc(F)c2F)cn1Cc1ccccc1)N(CC[C@@H](N)CF)C(=O)N1CCOCC1. The summed E-state index contributed by atoms with van der Waals surface area (Å²) in [5, 5.41) is 0. The van der Waals surface area contributed by atoms with Gasteiger partial charge in [-0.3, -0.25) is 0 Å². The number of carbonyl (C=O) groups excluding carboxylic acids is 1. The minimum absolute atomic E-state index is 0.0281. The van der Waals surface area contributed by atoms with Gasteiger partial charge in [-0.15, -0.1) is 0 Å². The molecular formula is C30H37F4N5O2. The molecule has 2 aromatic carbocycles. The molecule has 0 saturated carbocycles. The zero-order valence-electron chi connectivity index (χ0n) is 23.6. The van der Waals surface area contributed by atoms with E-state index in [-0.39, 0.29) is 30.3 Å². The van der Waals surface area contributed by atoms with E-state index >= 15 is 0 Å². The highest BCUT2D eigenvalue weighted by atomic mass is 19.2. The van der Waals surface area contributed by atoms with Crippen molar-refractivity contribution in [2.45, 2.75) is 45.8 Å². The van der Waals surface area contributed by atoms with Crippen molar-refractivity contribution in [1.29, 1.82) is 0 Å². The van der Waals surface area contributed by atoms with Crippen LogP contribution in [0.2, 0.25) is 0 Å². The smallest absolute Gasteiger partial charge is 0.320 e. The van der Waals surface area contributed by atoms with E-state index in [0.29, 0.717) is 44.7 Å². The molecule has 7 nitrogen and oxygen atoms in total. The van der Waals surface area contributed by atoms with E-state index in [0.717, 1.165) is 11.6 Å². The molecule has 0 aliphatic carbocycles. The number of urea groups is 1. The number of alkyl halides is 1. The van der Waals surface area contributed by atoms with Crippen LogP contribution >= 0.6 is 0 Å². The first-order valence-corrected chi connectivity index (χ1v) is 13.7. The molecule has 2 heterocycles. The van der Waals surface area contributed by atoms with E-state index in [1.807, 2.05) is 51.1 Å². The number of morpholine rings is 1. The van der Waals surface area contributed by atoms with Gasteiger partial charge in [0.1, 0.15) is 18.3 Å². The lowest BCUT2D eigenvalue weighted by molar-refractivity contribution is 0.0277. The molecule has 11 heteroatoms. The van der Waals surface area contributed by atoms with Crippen LogP contribution in [0, 0.1) is 22.9 Å². The number of benzene rings is 2. The fourth-order valence-corrected chi connectivity index (χ4v) is 5.08. The fraction of sp³-hybridized carbons (Fsp3) is 0.467. The molecule has 4 rings (SSSR count). The second-order valence-corrected chi connectivity index (χ2v) is 11.4. The Morgan fingerprint density at radius 3 is 2.44 bits per heavy atom.